The Labute approximate surface area is 113 Å². The van der Waals surface area contributed by atoms with Crippen LogP contribution < -0.4 is 4.90 Å². The molecule has 4 heteroatoms. The average Bonchev–Trinajstić information content (AvgIpc) is 2.43. The lowest BCUT2D eigenvalue weighted by molar-refractivity contribution is 0.727. The number of rotatable bonds is 6. The fourth-order valence-corrected chi connectivity index (χ4v) is 2.22. The summed E-state index contributed by atoms with van der Waals surface area (Å²) in [5.74, 6) is 1.61. The van der Waals surface area contributed by atoms with Crippen LogP contribution in [0.1, 0.15) is 19.8 Å². The van der Waals surface area contributed by atoms with Crippen LogP contribution in [0.5, 0.6) is 0 Å². The Morgan fingerprint density at radius 2 is 2.00 bits per heavy atom. The van der Waals surface area contributed by atoms with Crippen molar-refractivity contribution in [3.05, 3.63) is 30.6 Å². The van der Waals surface area contributed by atoms with Crippen molar-refractivity contribution in [2.24, 2.45) is 0 Å². The summed E-state index contributed by atoms with van der Waals surface area (Å²) in [6.45, 7) is 4.00. The zero-order valence-electron chi connectivity index (χ0n) is 10.6. The summed E-state index contributed by atoms with van der Waals surface area (Å²) in [7, 11) is 0. The second-order valence-corrected chi connectivity index (χ2v) is 4.62. The highest BCUT2D eigenvalue weighted by atomic mass is 35.5. The molecule has 3 nitrogen and oxygen atoms in total. The van der Waals surface area contributed by atoms with Crippen LogP contribution in [0.4, 0.5) is 5.82 Å². The molecule has 2 rings (SSSR count). The van der Waals surface area contributed by atoms with Gasteiger partial charge in [-0.2, -0.15) is 0 Å². The van der Waals surface area contributed by atoms with Crippen molar-refractivity contribution in [3.8, 4) is 0 Å². The van der Waals surface area contributed by atoms with Crippen molar-refractivity contribution in [2.45, 2.75) is 19.8 Å². The molecule has 0 atom stereocenters. The number of unbranched alkanes of at least 4 members (excludes halogenated alkanes) is 1. The average molecular weight is 264 g/mol. The maximum atomic E-state index is 5.89. The predicted octanol–water partition coefficient (Wildman–Crippen LogP) is 3.48. The standard InChI is InChI=1S/C14H18ClN3/c1-2-3-9-18(10-8-15)14-12-6-4-5-7-13(12)16-11-17-14/h4-7,11H,2-3,8-10H2,1H3. The quantitative estimate of drug-likeness (QED) is 0.748. The molecule has 0 aliphatic rings. The summed E-state index contributed by atoms with van der Waals surface area (Å²) in [4.78, 5) is 11.0. The van der Waals surface area contributed by atoms with Gasteiger partial charge >= 0.3 is 0 Å². The van der Waals surface area contributed by atoms with Crippen LogP contribution in [0.15, 0.2) is 30.6 Å². The van der Waals surface area contributed by atoms with E-state index in [4.69, 9.17) is 11.6 Å². The van der Waals surface area contributed by atoms with Crippen LogP contribution in [0, 0.1) is 0 Å². The van der Waals surface area contributed by atoms with Crippen LogP contribution in [0.2, 0.25) is 0 Å². The molecule has 0 unspecified atom stereocenters. The van der Waals surface area contributed by atoms with Gasteiger partial charge in [0.25, 0.3) is 0 Å². The van der Waals surface area contributed by atoms with Gasteiger partial charge in [0.15, 0.2) is 0 Å². The third-order valence-corrected chi connectivity index (χ3v) is 3.13. The number of fused-ring (bicyclic) bond motifs is 1. The van der Waals surface area contributed by atoms with Gasteiger partial charge in [-0.05, 0) is 18.6 Å². The third-order valence-electron chi connectivity index (χ3n) is 2.96. The smallest absolute Gasteiger partial charge is 0.139 e. The number of anilines is 1. The Morgan fingerprint density at radius 3 is 2.78 bits per heavy atom. The molecule has 0 amide bonds. The minimum atomic E-state index is 0.613. The summed E-state index contributed by atoms with van der Waals surface area (Å²) in [5.41, 5.74) is 0.985. The normalized spacial score (nSPS) is 10.8. The number of para-hydroxylation sites is 1. The van der Waals surface area contributed by atoms with Crippen LogP contribution in [0.25, 0.3) is 10.9 Å². The molecule has 1 heterocycles. The molecule has 0 bridgehead atoms. The first-order chi connectivity index (χ1) is 8.86. The summed E-state index contributed by atoms with van der Waals surface area (Å²) in [6.07, 6.45) is 3.95. The molecule has 96 valence electrons. The van der Waals surface area contributed by atoms with E-state index in [1.807, 2.05) is 18.2 Å². The number of aromatic nitrogens is 2. The van der Waals surface area contributed by atoms with Crippen molar-refractivity contribution in [2.75, 3.05) is 23.9 Å². The van der Waals surface area contributed by atoms with Crippen LogP contribution >= 0.6 is 11.6 Å². The second kappa shape index (κ2) is 6.55. The van der Waals surface area contributed by atoms with Gasteiger partial charge in [0.1, 0.15) is 12.1 Å². The van der Waals surface area contributed by atoms with Crippen molar-refractivity contribution >= 4 is 28.3 Å². The Bertz CT molecular complexity index is 496. The third kappa shape index (κ3) is 2.91. The summed E-state index contributed by atoms with van der Waals surface area (Å²) >= 11 is 5.89. The van der Waals surface area contributed by atoms with Gasteiger partial charge in [-0.1, -0.05) is 25.5 Å². The van der Waals surface area contributed by atoms with Gasteiger partial charge in [-0.15, -0.1) is 11.6 Å². The Hall–Kier alpha value is -1.35. The number of benzene rings is 1. The molecule has 0 N–H and O–H groups in total. The molecule has 1 aromatic carbocycles. The predicted molar refractivity (Wildman–Crippen MR) is 77.4 cm³/mol. The molecule has 1 aromatic heterocycles. The van der Waals surface area contributed by atoms with Gasteiger partial charge in [-0.25, -0.2) is 9.97 Å². The van der Waals surface area contributed by atoms with E-state index >= 15 is 0 Å². The molecular weight excluding hydrogens is 246 g/mol. The van der Waals surface area contributed by atoms with Crippen LogP contribution in [0.3, 0.4) is 0 Å². The van der Waals surface area contributed by atoms with Crippen LogP contribution in [-0.4, -0.2) is 28.9 Å². The monoisotopic (exact) mass is 263 g/mol. The summed E-state index contributed by atoms with van der Waals surface area (Å²) < 4.78 is 0. The highest BCUT2D eigenvalue weighted by Crippen LogP contribution is 2.22. The number of hydrogen-bond donors (Lipinski definition) is 0. The number of alkyl halides is 1. The SMILES string of the molecule is CCCCN(CCCl)c1ncnc2ccccc12. The fraction of sp³-hybridized carbons (Fsp3) is 0.429. The Morgan fingerprint density at radius 1 is 1.17 bits per heavy atom. The zero-order chi connectivity index (χ0) is 12.8. The lowest BCUT2D eigenvalue weighted by Crippen LogP contribution is -2.27. The van der Waals surface area contributed by atoms with E-state index in [2.05, 4.69) is 27.9 Å². The minimum absolute atomic E-state index is 0.613. The van der Waals surface area contributed by atoms with Crippen molar-refractivity contribution < 1.29 is 0 Å². The Balaban J connectivity index is 2.36. The highest BCUT2D eigenvalue weighted by molar-refractivity contribution is 6.18. The van der Waals surface area contributed by atoms with E-state index in [1.54, 1.807) is 6.33 Å². The lowest BCUT2D eigenvalue weighted by atomic mass is 10.2. The largest absolute Gasteiger partial charge is 0.355 e. The number of nitrogens with zero attached hydrogens (tertiary/aromatic N) is 3. The molecule has 18 heavy (non-hydrogen) atoms. The van der Waals surface area contributed by atoms with Gasteiger partial charge in [0.05, 0.1) is 5.52 Å². The molecule has 0 radical (unpaired) electrons. The Kier molecular flexibility index (Phi) is 4.76. The summed E-state index contributed by atoms with van der Waals surface area (Å²) in [6, 6.07) is 8.10. The molecule has 0 saturated heterocycles. The second-order valence-electron chi connectivity index (χ2n) is 4.24. The van der Waals surface area contributed by atoms with E-state index < -0.39 is 0 Å². The first-order valence-corrected chi connectivity index (χ1v) is 6.91. The van der Waals surface area contributed by atoms with Crippen molar-refractivity contribution in [1.29, 1.82) is 0 Å². The maximum Gasteiger partial charge on any atom is 0.139 e. The molecule has 0 fully saturated rings. The van der Waals surface area contributed by atoms with Gasteiger partial charge in [0, 0.05) is 24.4 Å². The number of halogens is 1. The fourth-order valence-electron chi connectivity index (χ4n) is 2.02. The van der Waals surface area contributed by atoms with Gasteiger partial charge in [-0.3, -0.25) is 0 Å². The zero-order valence-corrected chi connectivity index (χ0v) is 11.4. The van der Waals surface area contributed by atoms with E-state index in [9.17, 15) is 0 Å². The van der Waals surface area contributed by atoms with Crippen LogP contribution in [-0.2, 0) is 0 Å². The van der Waals surface area contributed by atoms with E-state index in [-0.39, 0.29) is 0 Å². The van der Waals surface area contributed by atoms with Crippen molar-refractivity contribution in [3.63, 3.8) is 0 Å². The number of hydrogen-bond acceptors (Lipinski definition) is 3. The molecule has 0 spiro atoms. The molecule has 0 aliphatic heterocycles. The van der Waals surface area contributed by atoms with E-state index in [1.165, 1.54) is 6.42 Å². The molecule has 2 aromatic rings. The maximum absolute atomic E-state index is 5.89. The highest BCUT2D eigenvalue weighted by Gasteiger charge is 2.10. The first-order valence-electron chi connectivity index (χ1n) is 6.37. The van der Waals surface area contributed by atoms with E-state index in [0.29, 0.717) is 5.88 Å². The van der Waals surface area contributed by atoms with Crippen molar-refractivity contribution in [1.82, 2.24) is 9.97 Å². The van der Waals surface area contributed by atoms with E-state index in [0.717, 1.165) is 36.2 Å². The lowest BCUT2D eigenvalue weighted by Gasteiger charge is -2.23. The molecular formula is C14H18ClN3. The molecule has 0 aliphatic carbocycles. The van der Waals surface area contributed by atoms with Gasteiger partial charge < -0.3 is 4.90 Å². The van der Waals surface area contributed by atoms with Gasteiger partial charge in [0.2, 0.25) is 0 Å². The minimum Gasteiger partial charge on any atom is -0.355 e. The topological polar surface area (TPSA) is 29.0 Å². The summed E-state index contributed by atoms with van der Waals surface area (Å²) in [5, 5.41) is 1.10. The first kappa shape index (κ1) is 13.1. The molecule has 0 saturated carbocycles.